The van der Waals surface area contributed by atoms with E-state index < -0.39 is 0 Å². The van der Waals surface area contributed by atoms with Crippen molar-refractivity contribution >= 4 is 5.91 Å². The lowest BCUT2D eigenvalue weighted by atomic mass is 9.71. The highest BCUT2D eigenvalue weighted by Gasteiger charge is 2.32. The van der Waals surface area contributed by atoms with Crippen LogP contribution >= 0.6 is 0 Å². The minimum absolute atomic E-state index is 0.0706. The zero-order valence-electron chi connectivity index (χ0n) is 11.3. The first-order chi connectivity index (χ1) is 8.72. The molecule has 0 atom stereocenters. The molecule has 0 aliphatic heterocycles. The molecule has 0 aromatic carbocycles. The zero-order valence-corrected chi connectivity index (χ0v) is 11.3. The Hall–Kier alpha value is -1.01. The average molecular weight is 250 g/mol. The van der Waals surface area contributed by atoms with E-state index in [-0.39, 0.29) is 11.3 Å². The molecule has 18 heavy (non-hydrogen) atoms. The fourth-order valence-corrected chi connectivity index (χ4v) is 2.74. The Morgan fingerprint density at radius 2 is 2.00 bits per heavy atom. The summed E-state index contributed by atoms with van der Waals surface area (Å²) in [7, 11) is 0. The Kier molecular flexibility index (Phi) is 6.82. The van der Waals surface area contributed by atoms with Crippen molar-refractivity contribution in [3.05, 3.63) is 0 Å². The van der Waals surface area contributed by atoms with E-state index in [4.69, 9.17) is 12.2 Å². The Balaban J connectivity index is 2.23. The van der Waals surface area contributed by atoms with Gasteiger partial charge in [-0.05, 0) is 37.6 Å². The van der Waals surface area contributed by atoms with Gasteiger partial charge in [0.05, 0.1) is 0 Å². The molecule has 0 radical (unpaired) electrons. The van der Waals surface area contributed by atoms with Crippen molar-refractivity contribution < 1.29 is 4.79 Å². The number of hydrogen-bond acceptors (Lipinski definition) is 2. The van der Waals surface area contributed by atoms with Crippen LogP contribution in [0.2, 0.25) is 0 Å². The van der Waals surface area contributed by atoms with Gasteiger partial charge in [-0.2, -0.15) is 0 Å². The van der Waals surface area contributed by atoms with E-state index in [9.17, 15) is 4.79 Å². The lowest BCUT2D eigenvalue weighted by molar-refractivity contribution is -0.123. The lowest BCUT2D eigenvalue weighted by Gasteiger charge is -2.35. The van der Waals surface area contributed by atoms with Crippen molar-refractivity contribution in [3.8, 4) is 12.3 Å². The SMILES string of the molecule is C#CCCCCNC(=O)CC1(CN)CCCCC1. The topological polar surface area (TPSA) is 55.1 Å². The molecule has 0 bridgehead atoms. The van der Waals surface area contributed by atoms with E-state index in [0.717, 1.165) is 38.6 Å². The third-order valence-corrected chi connectivity index (χ3v) is 3.95. The van der Waals surface area contributed by atoms with E-state index in [2.05, 4.69) is 11.2 Å². The molecule has 0 unspecified atom stereocenters. The molecule has 0 heterocycles. The summed E-state index contributed by atoms with van der Waals surface area (Å²) in [6.07, 6.45) is 14.4. The molecule has 0 saturated heterocycles. The zero-order chi connectivity index (χ0) is 13.3. The van der Waals surface area contributed by atoms with E-state index in [1.54, 1.807) is 0 Å². The predicted octanol–water partition coefficient (Wildman–Crippen LogP) is 2.21. The fraction of sp³-hybridized carbons (Fsp3) is 0.800. The summed E-state index contributed by atoms with van der Waals surface area (Å²) < 4.78 is 0. The second-order valence-corrected chi connectivity index (χ2v) is 5.45. The first kappa shape index (κ1) is 15.0. The number of unbranched alkanes of at least 4 members (excludes halogenated alkanes) is 2. The normalized spacial score (nSPS) is 18.0. The van der Waals surface area contributed by atoms with Crippen LogP contribution in [0.4, 0.5) is 0 Å². The molecule has 1 fully saturated rings. The Morgan fingerprint density at radius 1 is 1.28 bits per heavy atom. The third-order valence-electron chi connectivity index (χ3n) is 3.95. The summed E-state index contributed by atoms with van der Waals surface area (Å²) in [4.78, 5) is 11.9. The van der Waals surface area contributed by atoms with Crippen LogP contribution in [0, 0.1) is 17.8 Å². The van der Waals surface area contributed by atoms with Crippen LogP contribution in [-0.2, 0) is 4.79 Å². The van der Waals surface area contributed by atoms with Crippen LogP contribution in [0.5, 0.6) is 0 Å². The number of nitrogens with two attached hydrogens (primary N) is 1. The van der Waals surface area contributed by atoms with Gasteiger partial charge in [-0.25, -0.2) is 0 Å². The van der Waals surface area contributed by atoms with Gasteiger partial charge < -0.3 is 11.1 Å². The minimum Gasteiger partial charge on any atom is -0.356 e. The maximum atomic E-state index is 11.9. The van der Waals surface area contributed by atoms with E-state index in [1.807, 2.05) is 0 Å². The summed E-state index contributed by atoms with van der Waals surface area (Å²) in [5.74, 6) is 2.76. The number of carbonyl (C=O) groups is 1. The maximum absolute atomic E-state index is 11.9. The second-order valence-electron chi connectivity index (χ2n) is 5.45. The molecule has 0 aromatic heterocycles. The van der Waals surface area contributed by atoms with Gasteiger partial charge in [0.2, 0.25) is 5.91 Å². The maximum Gasteiger partial charge on any atom is 0.220 e. The molecule has 3 N–H and O–H groups in total. The quantitative estimate of drug-likeness (QED) is 0.537. The highest BCUT2D eigenvalue weighted by atomic mass is 16.1. The highest BCUT2D eigenvalue weighted by Crippen LogP contribution is 2.38. The molecule has 102 valence electrons. The van der Waals surface area contributed by atoms with Crippen LogP contribution in [0.1, 0.15) is 57.8 Å². The Bertz CT molecular complexity index is 287. The van der Waals surface area contributed by atoms with Gasteiger partial charge in [-0.3, -0.25) is 4.79 Å². The lowest BCUT2D eigenvalue weighted by Crippen LogP contribution is -2.38. The number of rotatable bonds is 7. The fourth-order valence-electron chi connectivity index (χ4n) is 2.74. The van der Waals surface area contributed by atoms with Crippen LogP contribution in [0.3, 0.4) is 0 Å². The minimum atomic E-state index is 0.0706. The van der Waals surface area contributed by atoms with E-state index in [0.29, 0.717) is 13.0 Å². The second kappa shape index (κ2) is 8.16. The van der Waals surface area contributed by atoms with Gasteiger partial charge >= 0.3 is 0 Å². The first-order valence-corrected chi connectivity index (χ1v) is 7.13. The Labute approximate surface area is 111 Å². The van der Waals surface area contributed by atoms with Gasteiger partial charge in [0.25, 0.3) is 0 Å². The molecule has 0 aromatic rings. The summed E-state index contributed by atoms with van der Waals surface area (Å²) in [6.45, 7) is 1.37. The number of terminal acetylenes is 1. The molecule has 1 aliphatic carbocycles. The smallest absolute Gasteiger partial charge is 0.220 e. The van der Waals surface area contributed by atoms with Crippen molar-refractivity contribution in [2.24, 2.45) is 11.1 Å². The van der Waals surface area contributed by atoms with Crippen LogP contribution < -0.4 is 11.1 Å². The predicted molar refractivity (Wildman–Crippen MR) is 74.9 cm³/mol. The Morgan fingerprint density at radius 3 is 2.61 bits per heavy atom. The van der Waals surface area contributed by atoms with Gasteiger partial charge in [0, 0.05) is 19.4 Å². The van der Waals surface area contributed by atoms with Gasteiger partial charge in [0.15, 0.2) is 0 Å². The highest BCUT2D eigenvalue weighted by molar-refractivity contribution is 5.76. The summed E-state index contributed by atoms with van der Waals surface area (Å²) in [6, 6.07) is 0. The van der Waals surface area contributed by atoms with Gasteiger partial charge in [0.1, 0.15) is 0 Å². The molecule has 3 heteroatoms. The van der Waals surface area contributed by atoms with E-state index >= 15 is 0 Å². The van der Waals surface area contributed by atoms with Gasteiger partial charge in [-0.15, -0.1) is 12.3 Å². The molecule has 0 spiro atoms. The summed E-state index contributed by atoms with van der Waals surface area (Å²) in [5, 5.41) is 2.98. The third kappa shape index (κ3) is 5.10. The number of hydrogen-bond donors (Lipinski definition) is 2. The van der Waals surface area contributed by atoms with Crippen LogP contribution in [0.25, 0.3) is 0 Å². The average Bonchev–Trinajstić information content (AvgIpc) is 2.39. The molecular formula is C15H26N2O. The van der Waals surface area contributed by atoms with Crippen molar-refractivity contribution in [2.75, 3.05) is 13.1 Å². The van der Waals surface area contributed by atoms with E-state index in [1.165, 1.54) is 19.3 Å². The largest absolute Gasteiger partial charge is 0.356 e. The molecular weight excluding hydrogens is 224 g/mol. The monoisotopic (exact) mass is 250 g/mol. The molecule has 1 rings (SSSR count). The number of amides is 1. The standard InChI is InChI=1S/C15H26N2O/c1-2-3-4-8-11-17-14(18)12-15(13-16)9-6-5-7-10-15/h1H,3-13,16H2,(H,17,18). The summed E-state index contributed by atoms with van der Waals surface area (Å²) in [5.41, 5.74) is 5.95. The van der Waals surface area contributed by atoms with Crippen molar-refractivity contribution in [3.63, 3.8) is 0 Å². The van der Waals surface area contributed by atoms with Crippen molar-refractivity contribution in [1.29, 1.82) is 0 Å². The van der Waals surface area contributed by atoms with Crippen molar-refractivity contribution in [2.45, 2.75) is 57.8 Å². The molecule has 1 aliphatic rings. The molecule has 1 amide bonds. The van der Waals surface area contributed by atoms with Crippen molar-refractivity contribution in [1.82, 2.24) is 5.32 Å². The molecule has 1 saturated carbocycles. The molecule has 3 nitrogen and oxygen atoms in total. The summed E-state index contributed by atoms with van der Waals surface area (Å²) >= 11 is 0. The van der Waals surface area contributed by atoms with Gasteiger partial charge in [-0.1, -0.05) is 19.3 Å². The first-order valence-electron chi connectivity index (χ1n) is 7.13. The van der Waals surface area contributed by atoms with Crippen LogP contribution in [0.15, 0.2) is 0 Å². The number of carbonyl (C=O) groups excluding carboxylic acids is 1. The van der Waals surface area contributed by atoms with Crippen LogP contribution in [-0.4, -0.2) is 19.0 Å². The number of nitrogens with one attached hydrogen (secondary N) is 1.